The Balaban J connectivity index is 2.16. The van der Waals surface area contributed by atoms with Gasteiger partial charge in [-0.25, -0.2) is 0 Å². The molecule has 0 aromatic carbocycles. The van der Waals surface area contributed by atoms with Crippen molar-refractivity contribution in [2.45, 2.75) is 25.8 Å². The number of hydrogen-bond acceptors (Lipinski definition) is 2. The van der Waals surface area contributed by atoms with Crippen LogP contribution in [0, 0.1) is 5.92 Å². The quantitative estimate of drug-likeness (QED) is 0.576. The van der Waals surface area contributed by atoms with Gasteiger partial charge in [0, 0.05) is 18.5 Å². The molecule has 1 atom stereocenters. The Morgan fingerprint density at radius 1 is 1.80 bits per heavy atom. The predicted molar refractivity (Wildman–Crippen MR) is 39.4 cm³/mol. The highest BCUT2D eigenvalue weighted by Crippen LogP contribution is 2.28. The summed E-state index contributed by atoms with van der Waals surface area (Å²) >= 11 is 0. The van der Waals surface area contributed by atoms with Crippen LogP contribution in [-0.2, 0) is 4.79 Å². The minimum Gasteiger partial charge on any atom is -0.352 e. The molecule has 3 N–H and O–H groups in total. The number of nitrogens with one attached hydrogen (secondary N) is 1. The minimum absolute atomic E-state index is 0.132. The molecule has 0 heterocycles. The van der Waals surface area contributed by atoms with E-state index < -0.39 is 0 Å². The van der Waals surface area contributed by atoms with Gasteiger partial charge in [0.25, 0.3) is 0 Å². The first-order valence-corrected chi connectivity index (χ1v) is 3.74. The first-order chi connectivity index (χ1) is 4.74. The highest BCUT2D eigenvalue weighted by atomic mass is 16.2. The maximum Gasteiger partial charge on any atom is 0.223 e. The van der Waals surface area contributed by atoms with Crippen LogP contribution in [-0.4, -0.2) is 18.5 Å². The first-order valence-electron chi connectivity index (χ1n) is 3.74. The van der Waals surface area contributed by atoms with Crippen LogP contribution in [0.15, 0.2) is 0 Å². The molecule has 0 aromatic rings. The molecule has 10 heavy (non-hydrogen) atoms. The summed E-state index contributed by atoms with van der Waals surface area (Å²) in [6.45, 7) is 2.44. The van der Waals surface area contributed by atoms with Crippen LogP contribution in [0.3, 0.4) is 0 Å². The molecule has 1 unspecified atom stereocenters. The Hall–Kier alpha value is -0.570. The van der Waals surface area contributed by atoms with E-state index >= 15 is 0 Å². The van der Waals surface area contributed by atoms with Crippen molar-refractivity contribution < 1.29 is 4.79 Å². The van der Waals surface area contributed by atoms with Crippen molar-refractivity contribution in [3.8, 4) is 0 Å². The van der Waals surface area contributed by atoms with Crippen LogP contribution in [0.2, 0.25) is 0 Å². The highest BCUT2D eigenvalue weighted by molar-refractivity contribution is 5.81. The molecule has 1 rings (SSSR count). The third kappa shape index (κ3) is 1.99. The zero-order valence-electron chi connectivity index (χ0n) is 6.26. The van der Waals surface area contributed by atoms with Crippen molar-refractivity contribution in [3.63, 3.8) is 0 Å². The van der Waals surface area contributed by atoms with Crippen molar-refractivity contribution in [2.24, 2.45) is 11.7 Å². The van der Waals surface area contributed by atoms with Crippen molar-refractivity contribution >= 4 is 5.91 Å². The van der Waals surface area contributed by atoms with E-state index in [9.17, 15) is 4.79 Å². The van der Waals surface area contributed by atoms with Crippen LogP contribution < -0.4 is 11.1 Å². The van der Waals surface area contributed by atoms with Gasteiger partial charge >= 0.3 is 0 Å². The van der Waals surface area contributed by atoms with E-state index in [1.807, 2.05) is 6.92 Å². The van der Waals surface area contributed by atoms with Gasteiger partial charge in [-0.15, -0.1) is 0 Å². The number of amides is 1. The fourth-order valence-electron chi connectivity index (χ4n) is 0.765. The number of hydrogen-bond donors (Lipinski definition) is 2. The zero-order valence-corrected chi connectivity index (χ0v) is 6.26. The number of rotatable bonds is 3. The average molecular weight is 142 g/mol. The van der Waals surface area contributed by atoms with E-state index in [0.29, 0.717) is 12.5 Å². The van der Waals surface area contributed by atoms with E-state index in [2.05, 4.69) is 5.32 Å². The Bertz CT molecular complexity index is 132. The van der Waals surface area contributed by atoms with E-state index in [1.54, 1.807) is 0 Å². The summed E-state index contributed by atoms with van der Waals surface area (Å²) in [5, 5.41) is 2.83. The van der Waals surface area contributed by atoms with Gasteiger partial charge in [-0.1, -0.05) is 0 Å². The molecule has 1 amide bonds. The highest BCUT2D eigenvalue weighted by Gasteiger charge is 2.29. The predicted octanol–water partition coefficient (Wildman–Crippen LogP) is -0.140. The molecule has 0 saturated heterocycles. The standard InChI is InChI=1S/C7H14N2O/c1-5(4-8)9-7(10)6-2-3-6/h5-6H,2-4,8H2,1H3,(H,9,10). The maximum absolute atomic E-state index is 11.0. The van der Waals surface area contributed by atoms with Crippen molar-refractivity contribution in [2.75, 3.05) is 6.54 Å². The van der Waals surface area contributed by atoms with Crippen molar-refractivity contribution in [1.82, 2.24) is 5.32 Å². The number of nitrogens with two attached hydrogens (primary N) is 1. The third-order valence-electron chi connectivity index (χ3n) is 1.69. The molecule has 0 bridgehead atoms. The third-order valence-corrected chi connectivity index (χ3v) is 1.69. The first kappa shape index (κ1) is 7.54. The zero-order chi connectivity index (χ0) is 7.56. The molecule has 1 saturated carbocycles. The van der Waals surface area contributed by atoms with Crippen LogP contribution in [0.5, 0.6) is 0 Å². The van der Waals surface area contributed by atoms with Crippen molar-refractivity contribution in [3.05, 3.63) is 0 Å². The average Bonchev–Trinajstić information content (AvgIpc) is 2.68. The topological polar surface area (TPSA) is 55.1 Å². The van der Waals surface area contributed by atoms with E-state index in [1.165, 1.54) is 0 Å². The lowest BCUT2D eigenvalue weighted by molar-refractivity contribution is -0.122. The summed E-state index contributed by atoms with van der Waals surface area (Å²) in [7, 11) is 0. The summed E-state index contributed by atoms with van der Waals surface area (Å²) in [6.07, 6.45) is 2.12. The lowest BCUT2D eigenvalue weighted by atomic mass is 10.3. The van der Waals surface area contributed by atoms with E-state index in [4.69, 9.17) is 5.73 Å². The molecule has 0 aromatic heterocycles. The van der Waals surface area contributed by atoms with Gasteiger partial charge in [-0.2, -0.15) is 0 Å². The van der Waals surface area contributed by atoms with Gasteiger partial charge in [0.15, 0.2) is 0 Å². The molecule has 1 aliphatic carbocycles. The fourth-order valence-corrected chi connectivity index (χ4v) is 0.765. The summed E-state index contributed by atoms with van der Waals surface area (Å²) < 4.78 is 0. The van der Waals surface area contributed by atoms with Crippen LogP contribution in [0.1, 0.15) is 19.8 Å². The largest absolute Gasteiger partial charge is 0.352 e. The summed E-state index contributed by atoms with van der Waals surface area (Å²) in [4.78, 5) is 11.0. The van der Waals surface area contributed by atoms with Gasteiger partial charge in [0.05, 0.1) is 0 Å². The Morgan fingerprint density at radius 2 is 2.40 bits per heavy atom. The summed E-state index contributed by atoms with van der Waals surface area (Å²) in [5.41, 5.74) is 5.33. The molecule has 3 heteroatoms. The van der Waals surface area contributed by atoms with Crippen molar-refractivity contribution in [1.29, 1.82) is 0 Å². The molecular formula is C7H14N2O. The molecule has 1 fully saturated rings. The second kappa shape index (κ2) is 3.01. The van der Waals surface area contributed by atoms with Crippen LogP contribution >= 0.6 is 0 Å². The van der Waals surface area contributed by atoms with Gasteiger partial charge in [0.2, 0.25) is 5.91 Å². The number of carbonyl (C=O) groups excluding carboxylic acids is 1. The molecular weight excluding hydrogens is 128 g/mol. The number of carbonyl (C=O) groups is 1. The molecule has 0 aliphatic heterocycles. The monoisotopic (exact) mass is 142 g/mol. The van der Waals surface area contributed by atoms with Gasteiger partial charge in [0.1, 0.15) is 0 Å². The SMILES string of the molecule is CC(CN)NC(=O)C1CC1. The van der Waals surface area contributed by atoms with Gasteiger partial charge in [-0.05, 0) is 19.8 Å². The second-order valence-electron chi connectivity index (χ2n) is 2.92. The Labute approximate surface area is 61.0 Å². The summed E-state index contributed by atoms with van der Waals surface area (Å²) in [6, 6.07) is 0.132. The lowest BCUT2D eigenvalue weighted by Crippen LogP contribution is -2.38. The smallest absolute Gasteiger partial charge is 0.223 e. The molecule has 1 aliphatic rings. The molecule has 3 nitrogen and oxygen atoms in total. The van der Waals surface area contributed by atoms with Crippen LogP contribution in [0.25, 0.3) is 0 Å². The van der Waals surface area contributed by atoms with Crippen LogP contribution in [0.4, 0.5) is 0 Å². The Kier molecular flexibility index (Phi) is 2.27. The Morgan fingerprint density at radius 3 is 2.80 bits per heavy atom. The maximum atomic E-state index is 11.0. The molecule has 58 valence electrons. The summed E-state index contributed by atoms with van der Waals surface area (Å²) in [5.74, 6) is 0.479. The van der Waals surface area contributed by atoms with Gasteiger partial charge < -0.3 is 11.1 Å². The molecule has 0 radical (unpaired) electrons. The fraction of sp³-hybridized carbons (Fsp3) is 0.857. The lowest BCUT2D eigenvalue weighted by Gasteiger charge is -2.09. The van der Waals surface area contributed by atoms with Gasteiger partial charge in [-0.3, -0.25) is 4.79 Å². The normalized spacial score (nSPS) is 20.2. The molecule has 0 spiro atoms. The van der Waals surface area contributed by atoms with E-state index in [0.717, 1.165) is 12.8 Å². The van der Waals surface area contributed by atoms with E-state index in [-0.39, 0.29) is 11.9 Å². The second-order valence-corrected chi connectivity index (χ2v) is 2.92. The minimum atomic E-state index is 0.132.